The summed E-state index contributed by atoms with van der Waals surface area (Å²) in [7, 11) is 0. The maximum absolute atomic E-state index is 4.36. The van der Waals surface area contributed by atoms with Crippen molar-refractivity contribution in [3.63, 3.8) is 0 Å². The second-order valence-electron chi connectivity index (χ2n) is 3.28. The van der Waals surface area contributed by atoms with Crippen LogP contribution in [0.1, 0.15) is 0 Å². The molecule has 0 N–H and O–H groups in total. The Balaban J connectivity index is 2.31. The van der Waals surface area contributed by atoms with E-state index in [0.29, 0.717) is 0 Å². The van der Waals surface area contributed by atoms with E-state index in [1.165, 1.54) is 10.1 Å². The molecule has 0 aliphatic carbocycles. The molecule has 3 aromatic rings. The quantitative estimate of drug-likeness (QED) is 0.596. The molecule has 2 heteroatoms. The van der Waals surface area contributed by atoms with Crippen molar-refractivity contribution in [3.8, 4) is 11.3 Å². The number of hydrogen-bond donors (Lipinski definition) is 0. The van der Waals surface area contributed by atoms with Gasteiger partial charge in [0.05, 0.1) is 5.69 Å². The lowest BCUT2D eigenvalue weighted by Crippen LogP contribution is -1.81. The van der Waals surface area contributed by atoms with Crippen molar-refractivity contribution in [1.82, 2.24) is 4.98 Å². The number of hydrogen-bond acceptors (Lipinski definition) is 2. The zero-order valence-electron chi connectivity index (χ0n) is 7.97. The van der Waals surface area contributed by atoms with Crippen molar-refractivity contribution in [2.45, 2.75) is 0 Å². The maximum Gasteiger partial charge on any atom is 0.0708 e. The van der Waals surface area contributed by atoms with E-state index in [0.717, 1.165) is 11.3 Å². The van der Waals surface area contributed by atoms with Gasteiger partial charge >= 0.3 is 0 Å². The normalized spacial score (nSPS) is 10.7. The highest BCUT2D eigenvalue weighted by molar-refractivity contribution is 7.17. The average molecular weight is 210 g/mol. The molecule has 2 heterocycles. The standard InChI is InChI=1S/C13H8NS/c1-2-8-14-12(5-1)10-4-3-6-13-11(10)7-9-15-13/h1-2,4-9H. The number of thiophene rings is 1. The first-order chi connectivity index (χ1) is 7.45. The van der Waals surface area contributed by atoms with Crippen LogP contribution in [-0.2, 0) is 0 Å². The van der Waals surface area contributed by atoms with E-state index in [1.54, 1.807) is 11.3 Å². The van der Waals surface area contributed by atoms with Crippen molar-refractivity contribution in [2.24, 2.45) is 0 Å². The highest BCUT2D eigenvalue weighted by Gasteiger charge is 2.04. The zero-order chi connectivity index (χ0) is 10.1. The fourth-order valence-corrected chi connectivity index (χ4v) is 2.46. The molecule has 1 radical (unpaired) electrons. The molecule has 2 aromatic heterocycles. The van der Waals surface area contributed by atoms with Gasteiger partial charge in [-0.15, -0.1) is 11.3 Å². The molecule has 1 nitrogen and oxygen atoms in total. The number of pyridine rings is 1. The van der Waals surface area contributed by atoms with Crippen molar-refractivity contribution < 1.29 is 0 Å². The van der Waals surface area contributed by atoms with Gasteiger partial charge in [0.2, 0.25) is 0 Å². The molecule has 0 saturated heterocycles. The van der Waals surface area contributed by atoms with Crippen LogP contribution in [0.15, 0.2) is 48.0 Å². The largest absolute Gasteiger partial charge is 0.256 e. The van der Waals surface area contributed by atoms with E-state index in [9.17, 15) is 0 Å². The summed E-state index contributed by atoms with van der Waals surface area (Å²) in [6.07, 6.45) is 1.82. The van der Waals surface area contributed by atoms with E-state index >= 15 is 0 Å². The minimum absolute atomic E-state index is 1.01. The Morgan fingerprint density at radius 1 is 1.13 bits per heavy atom. The Morgan fingerprint density at radius 2 is 2.13 bits per heavy atom. The number of fused-ring (bicyclic) bond motifs is 1. The minimum atomic E-state index is 1.01. The molecule has 0 aliphatic rings. The van der Waals surface area contributed by atoms with Gasteiger partial charge < -0.3 is 0 Å². The van der Waals surface area contributed by atoms with Gasteiger partial charge in [0.25, 0.3) is 0 Å². The molecular weight excluding hydrogens is 202 g/mol. The molecule has 0 unspecified atom stereocenters. The third kappa shape index (κ3) is 1.43. The van der Waals surface area contributed by atoms with Gasteiger partial charge in [0.1, 0.15) is 0 Å². The molecule has 71 valence electrons. The molecule has 3 rings (SSSR count). The Labute approximate surface area is 92.0 Å². The van der Waals surface area contributed by atoms with Gasteiger partial charge in [-0.1, -0.05) is 6.07 Å². The second-order valence-corrected chi connectivity index (χ2v) is 4.23. The summed E-state index contributed by atoms with van der Waals surface area (Å²) in [4.78, 5) is 4.36. The topological polar surface area (TPSA) is 12.9 Å². The summed E-state index contributed by atoms with van der Waals surface area (Å²) < 4.78 is 1.26. The first kappa shape index (κ1) is 8.62. The Kier molecular flexibility index (Phi) is 2.00. The van der Waals surface area contributed by atoms with E-state index in [1.807, 2.05) is 36.5 Å². The molecule has 0 saturated carbocycles. The lowest BCUT2D eigenvalue weighted by atomic mass is 10.1. The van der Waals surface area contributed by atoms with Crippen molar-refractivity contribution in [2.75, 3.05) is 0 Å². The van der Waals surface area contributed by atoms with E-state index in [-0.39, 0.29) is 0 Å². The van der Waals surface area contributed by atoms with Crippen LogP contribution in [0, 0.1) is 6.07 Å². The molecule has 0 fully saturated rings. The summed E-state index contributed by atoms with van der Waals surface area (Å²) in [6.45, 7) is 0. The van der Waals surface area contributed by atoms with Gasteiger partial charge in [-0.3, -0.25) is 4.98 Å². The predicted octanol–water partition coefficient (Wildman–Crippen LogP) is 3.76. The minimum Gasteiger partial charge on any atom is -0.256 e. The summed E-state index contributed by atoms with van der Waals surface area (Å²) in [5, 5.41) is 3.36. The fourth-order valence-electron chi connectivity index (χ4n) is 1.67. The number of nitrogens with zero attached hydrogens (tertiary/aromatic N) is 1. The van der Waals surface area contributed by atoms with Crippen LogP contribution < -0.4 is 0 Å². The monoisotopic (exact) mass is 210 g/mol. The van der Waals surface area contributed by atoms with Crippen LogP contribution in [-0.4, -0.2) is 4.98 Å². The van der Waals surface area contributed by atoms with Crippen LogP contribution in [0.2, 0.25) is 0 Å². The third-order valence-electron chi connectivity index (χ3n) is 2.37. The van der Waals surface area contributed by atoms with Gasteiger partial charge in [-0.05, 0) is 41.8 Å². The molecule has 1 aromatic carbocycles. The molecule has 0 spiro atoms. The van der Waals surface area contributed by atoms with Crippen LogP contribution in [0.5, 0.6) is 0 Å². The predicted molar refractivity (Wildman–Crippen MR) is 63.9 cm³/mol. The van der Waals surface area contributed by atoms with E-state index in [4.69, 9.17) is 0 Å². The third-order valence-corrected chi connectivity index (χ3v) is 3.23. The smallest absolute Gasteiger partial charge is 0.0708 e. The van der Waals surface area contributed by atoms with Gasteiger partial charge in [0.15, 0.2) is 0 Å². The van der Waals surface area contributed by atoms with Crippen LogP contribution in [0.3, 0.4) is 0 Å². The molecule has 0 bridgehead atoms. The van der Waals surface area contributed by atoms with Gasteiger partial charge in [-0.25, -0.2) is 0 Å². The van der Waals surface area contributed by atoms with Gasteiger partial charge in [0, 0.05) is 21.8 Å². The van der Waals surface area contributed by atoms with E-state index < -0.39 is 0 Å². The summed E-state index contributed by atoms with van der Waals surface area (Å²) in [5.74, 6) is 0. The first-order valence-corrected chi connectivity index (χ1v) is 5.62. The molecule has 15 heavy (non-hydrogen) atoms. The average Bonchev–Trinajstić information content (AvgIpc) is 2.78. The Bertz CT molecular complexity index is 584. The lowest BCUT2D eigenvalue weighted by Gasteiger charge is -2.01. The van der Waals surface area contributed by atoms with Gasteiger partial charge in [-0.2, -0.15) is 0 Å². The number of rotatable bonds is 1. The van der Waals surface area contributed by atoms with Crippen molar-refractivity contribution >= 4 is 21.4 Å². The van der Waals surface area contributed by atoms with Crippen molar-refractivity contribution in [3.05, 3.63) is 54.0 Å². The SMILES string of the molecule is [c]1cc(-c2ccccn2)c2ccsc2c1. The van der Waals surface area contributed by atoms with Crippen LogP contribution in [0.25, 0.3) is 21.3 Å². The first-order valence-electron chi connectivity index (χ1n) is 4.74. The lowest BCUT2D eigenvalue weighted by molar-refractivity contribution is 1.33. The summed E-state index contributed by atoms with van der Waals surface area (Å²) in [6, 6.07) is 15.3. The van der Waals surface area contributed by atoms with Crippen LogP contribution in [0.4, 0.5) is 0 Å². The molecule has 0 amide bonds. The highest BCUT2D eigenvalue weighted by Crippen LogP contribution is 2.29. The second kappa shape index (κ2) is 3.48. The van der Waals surface area contributed by atoms with Crippen LogP contribution >= 0.6 is 11.3 Å². The molecule has 0 atom stereocenters. The number of aromatic nitrogens is 1. The fraction of sp³-hybridized carbons (Fsp3) is 0. The summed E-state index contributed by atoms with van der Waals surface area (Å²) >= 11 is 1.74. The number of benzene rings is 1. The zero-order valence-corrected chi connectivity index (χ0v) is 8.79. The molecule has 0 aliphatic heterocycles. The summed E-state index contributed by atoms with van der Waals surface area (Å²) in [5.41, 5.74) is 2.17. The maximum atomic E-state index is 4.36. The Hall–Kier alpha value is -1.67. The van der Waals surface area contributed by atoms with Crippen molar-refractivity contribution in [1.29, 1.82) is 0 Å². The van der Waals surface area contributed by atoms with E-state index in [2.05, 4.69) is 22.5 Å². The Morgan fingerprint density at radius 3 is 3.00 bits per heavy atom. The highest BCUT2D eigenvalue weighted by atomic mass is 32.1. The molecular formula is C13H8NS.